The highest BCUT2D eigenvalue weighted by Gasteiger charge is 2.76. The minimum Gasteiger partial charge on any atom is -0.379 e. The highest BCUT2D eigenvalue weighted by Crippen LogP contribution is 2.59. The lowest BCUT2D eigenvalue weighted by Crippen LogP contribution is -2.57. The first-order valence-electron chi connectivity index (χ1n) is 14.3. The molecule has 5 aliphatic rings. The van der Waals surface area contributed by atoms with Gasteiger partial charge in [-0.15, -0.1) is 0 Å². The summed E-state index contributed by atoms with van der Waals surface area (Å²) in [5.74, 6) is -2.43. The summed E-state index contributed by atoms with van der Waals surface area (Å²) >= 11 is 12.2. The highest BCUT2D eigenvalue weighted by atomic mass is 35.5. The fraction of sp³-hybridized carbons (Fsp3) is 0.621. The molecular weight excluding hydrogens is 555 g/mol. The van der Waals surface area contributed by atoms with Crippen LogP contribution in [0.3, 0.4) is 0 Å². The number of hydrogen-bond acceptors (Lipinski definition) is 6. The maximum atomic E-state index is 14.2. The maximum absolute atomic E-state index is 14.2. The van der Waals surface area contributed by atoms with Gasteiger partial charge in [-0.05, 0) is 38.0 Å². The molecule has 0 radical (unpaired) electrons. The van der Waals surface area contributed by atoms with Crippen LogP contribution in [0.25, 0.3) is 0 Å². The van der Waals surface area contributed by atoms with Crippen molar-refractivity contribution >= 4 is 46.6 Å². The van der Waals surface area contributed by atoms with Crippen LogP contribution in [0.5, 0.6) is 0 Å². The van der Waals surface area contributed by atoms with Gasteiger partial charge < -0.3 is 25.0 Å². The summed E-state index contributed by atoms with van der Waals surface area (Å²) < 4.78 is 12.1. The quantitative estimate of drug-likeness (QED) is 0.473. The summed E-state index contributed by atoms with van der Waals surface area (Å²) in [5.41, 5.74) is -1.76. The Kier molecular flexibility index (Phi) is 7.63. The molecule has 1 spiro atoms. The van der Waals surface area contributed by atoms with E-state index < -0.39 is 29.1 Å². The monoisotopic (exact) mass is 590 g/mol. The van der Waals surface area contributed by atoms with Crippen LogP contribution in [0.15, 0.2) is 30.4 Å². The molecule has 1 aliphatic carbocycles. The molecule has 6 rings (SSSR count). The van der Waals surface area contributed by atoms with Crippen LogP contribution in [0, 0.1) is 11.8 Å². The zero-order chi connectivity index (χ0) is 28.1. The molecule has 1 saturated carbocycles. The number of hydrogen-bond donors (Lipinski definition) is 2. The molecule has 3 amide bonds. The van der Waals surface area contributed by atoms with Crippen molar-refractivity contribution in [1.82, 2.24) is 15.1 Å². The van der Waals surface area contributed by atoms with Crippen LogP contribution in [0.1, 0.15) is 39.0 Å². The Morgan fingerprint density at radius 2 is 1.77 bits per heavy atom. The first-order chi connectivity index (χ1) is 19.2. The van der Waals surface area contributed by atoms with E-state index in [1.807, 2.05) is 19.1 Å². The molecule has 40 heavy (non-hydrogen) atoms. The Hall–Kier alpha value is -2.17. The summed E-state index contributed by atoms with van der Waals surface area (Å²) in [7, 11) is 0. The predicted octanol–water partition coefficient (Wildman–Crippen LogP) is 3.25. The summed E-state index contributed by atoms with van der Waals surface area (Å²) in [5, 5.41) is 6.85. The molecule has 1 aromatic carbocycles. The number of benzene rings is 1. The second-order valence-electron chi connectivity index (χ2n) is 11.8. The van der Waals surface area contributed by atoms with Gasteiger partial charge in [0.05, 0.1) is 40.7 Å². The van der Waals surface area contributed by atoms with Crippen molar-refractivity contribution in [2.45, 2.75) is 62.3 Å². The second kappa shape index (κ2) is 10.9. The number of ether oxygens (including phenoxy) is 2. The third-order valence-electron chi connectivity index (χ3n) is 9.23. The lowest BCUT2D eigenvalue weighted by Gasteiger charge is -2.36. The Morgan fingerprint density at radius 3 is 2.50 bits per heavy atom. The smallest absolute Gasteiger partial charge is 0.246 e. The minimum atomic E-state index is -1.21. The van der Waals surface area contributed by atoms with Gasteiger partial charge in [-0.1, -0.05) is 54.6 Å². The molecule has 216 valence electrons. The summed E-state index contributed by atoms with van der Waals surface area (Å²) in [4.78, 5) is 45.9. The molecule has 9 nitrogen and oxygen atoms in total. The molecular formula is C29H36Cl2N4O5. The van der Waals surface area contributed by atoms with Gasteiger partial charge in [0, 0.05) is 37.9 Å². The van der Waals surface area contributed by atoms with Crippen LogP contribution in [-0.4, -0.2) is 90.2 Å². The number of rotatable bonds is 7. The number of nitrogens with one attached hydrogen (secondary N) is 2. The maximum Gasteiger partial charge on any atom is 0.246 e. The van der Waals surface area contributed by atoms with Gasteiger partial charge in [0.25, 0.3) is 0 Å². The third-order valence-corrected chi connectivity index (χ3v) is 9.97. The first-order valence-corrected chi connectivity index (χ1v) is 15.0. The standard InChI is InChI=1S/C29H36Cl2N4O5/c1-28-9-10-29(40-28)23(22(28)25(36)33-19-7-8-20(30)21(31)17-19)27(38)35(12-11-34-13-15-39-16-14-34)24(29)26(37)32-18-5-3-2-4-6-18/h7-10,17-18,22-24H,2-6,11-16H2,1H3,(H,32,37)(H,33,36)/t22-,23+,24+,28+,29-/m0/s1. The van der Waals surface area contributed by atoms with Crippen molar-refractivity contribution in [3.8, 4) is 0 Å². The van der Waals surface area contributed by atoms with Gasteiger partial charge in [-0.25, -0.2) is 0 Å². The van der Waals surface area contributed by atoms with Crippen LogP contribution in [0.2, 0.25) is 10.0 Å². The van der Waals surface area contributed by atoms with Gasteiger partial charge >= 0.3 is 0 Å². The topological polar surface area (TPSA) is 100 Å². The van der Waals surface area contributed by atoms with E-state index in [2.05, 4.69) is 15.5 Å². The predicted molar refractivity (Wildman–Crippen MR) is 151 cm³/mol. The lowest BCUT2D eigenvalue weighted by atomic mass is 9.70. The van der Waals surface area contributed by atoms with E-state index in [0.717, 1.165) is 38.8 Å². The lowest BCUT2D eigenvalue weighted by molar-refractivity contribution is -0.144. The average Bonchev–Trinajstić information content (AvgIpc) is 3.51. The molecule has 1 aromatic rings. The number of carbonyl (C=O) groups is 3. The number of likely N-dealkylation sites (tertiary alicyclic amines) is 1. The zero-order valence-electron chi connectivity index (χ0n) is 22.7. The zero-order valence-corrected chi connectivity index (χ0v) is 24.2. The Bertz CT molecular complexity index is 1220. The van der Waals surface area contributed by atoms with Gasteiger partial charge in [0.2, 0.25) is 17.7 Å². The second-order valence-corrected chi connectivity index (χ2v) is 12.6. The molecule has 2 N–H and O–H groups in total. The molecule has 0 unspecified atom stereocenters. The molecule has 0 aromatic heterocycles. The number of halogens is 2. The van der Waals surface area contributed by atoms with Crippen LogP contribution in [-0.2, 0) is 23.9 Å². The number of morpholine rings is 1. The van der Waals surface area contributed by atoms with Crippen molar-refractivity contribution in [1.29, 1.82) is 0 Å². The molecule has 4 aliphatic heterocycles. The SMILES string of the molecule is C[C@]12C=C[C@]3(O1)[C@@H](C(=O)N(CCN1CCOCC1)[C@@H]3C(=O)NC1CCCCC1)[C@H]2C(=O)Nc1ccc(Cl)c(Cl)c1. The highest BCUT2D eigenvalue weighted by molar-refractivity contribution is 6.42. The fourth-order valence-corrected chi connectivity index (χ4v) is 7.56. The molecule has 4 heterocycles. The molecule has 4 fully saturated rings. The Labute approximate surface area is 244 Å². The van der Waals surface area contributed by atoms with E-state index in [-0.39, 0.29) is 23.8 Å². The van der Waals surface area contributed by atoms with E-state index in [9.17, 15) is 14.4 Å². The van der Waals surface area contributed by atoms with Crippen LogP contribution >= 0.6 is 23.2 Å². The largest absolute Gasteiger partial charge is 0.379 e. The van der Waals surface area contributed by atoms with E-state index in [1.54, 1.807) is 23.1 Å². The van der Waals surface area contributed by atoms with Crippen molar-refractivity contribution in [3.63, 3.8) is 0 Å². The Morgan fingerprint density at radius 1 is 1.02 bits per heavy atom. The Balaban J connectivity index is 1.29. The summed E-state index contributed by atoms with van der Waals surface area (Å²) in [6.45, 7) is 5.65. The molecule has 11 heteroatoms. The average molecular weight is 592 g/mol. The molecule has 3 saturated heterocycles. The number of amides is 3. The number of nitrogens with zero attached hydrogens (tertiary/aromatic N) is 2. The third kappa shape index (κ3) is 4.83. The minimum absolute atomic E-state index is 0.0832. The number of carbonyl (C=O) groups excluding carboxylic acids is 3. The van der Waals surface area contributed by atoms with Crippen molar-refractivity contribution in [2.75, 3.05) is 44.7 Å². The van der Waals surface area contributed by atoms with Crippen molar-refractivity contribution in [2.24, 2.45) is 11.8 Å². The van der Waals surface area contributed by atoms with Gasteiger partial charge in [0.15, 0.2) is 0 Å². The molecule has 5 atom stereocenters. The van der Waals surface area contributed by atoms with Crippen molar-refractivity contribution < 1.29 is 23.9 Å². The van der Waals surface area contributed by atoms with E-state index in [1.165, 1.54) is 6.42 Å². The van der Waals surface area contributed by atoms with Crippen molar-refractivity contribution in [3.05, 3.63) is 40.4 Å². The van der Waals surface area contributed by atoms with E-state index in [4.69, 9.17) is 32.7 Å². The van der Waals surface area contributed by atoms with E-state index in [0.29, 0.717) is 42.0 Å². The molecule has 2 bridgehead atoms. The van der Waals surface area contributed by atoms with E-state index >= 15 is 0 Å². The van der Waals surface area contributed by atoms with Crippen LogP contribution in [0.4, 0.5) is 5.69 Å². The van der Waals surface area contributed by atoms with Gasteiger partial charge in [0.1, 0.15) is 11.6 Å². The summed E-state index contributed by atoms with van der Waals surface area (Å²) in [6, 6.07) is 4.09. The summed E-state index contributed by atoms with van der Waals surface area (Å²) in [6.07, 6.45) is 8.90. The van der Waals surface area contributed by atoms with Gasteiger partial charge in [-0.3, -0.25) is 19.3 Å². The number of anilines is 1. The fourth-order valence-electron chi connectivity index (χ4n) is 7.26. The van der Waals surface area contributed by atoms with Crippen LogP contribution < -0.4 is 10.6 Å². The first kappa shape index (κ1) is 28.0. The normalized spacial score (nSPS) is 33.8. The van der Waals surface area contributed by atoms with Gasteiger partial charge in [-0.2, -0.15) is 0 Å². The number of fused-ring (bicyclic) bond motifs is 1.